The summed E-state index contributed by atoms with van der Waals surface area (Å²) < 4.78 is 15.7. The first-order valence-corrected chi connectivity index (χ1v) is 8.31. The highest BCUT2D eigenvalue weighted by Gasteiger charge is 2.19. The smallest absolute Gasteiger partial charge is 0.338 e. The van der Waals surface area contributed by atoms with Crippen LogP contribution in [0.25, 0.3) is 0 Å². The van der Waals surface area contributed by atoms with Gasteiger partial charge >= 0.3 is 5.97 Å². The minimum absolute atomic E-state index is 0.182. The van der Waals surface area contributed by atoms with E-state index in [9.17, 15) is 9.59 Å². The number of hydrogen-bond donors (Lipinski definition) is 0. The Morgan fingerprint density at radius 1 is 1.28 bits per heavy atom. The molecule has 0 spiro atoms. The van der Waals surface area contributed by atoms with Gasteiger partial charge in [0.15, 0.2) is 18.1 Å². The summed E-state index contributed by atoms with van der Waals surface area (Å²) in [5.74, 6) is -0.270. The molecule has 0 bridgehead atoms. The SMILES string of the molecule is C=C(C)CN(CC)C(=O)COC(=O)c1cc(Cl)c(OCC)c(OC)c1. The van der Waals surface area contributed by atoms with E-state index >= 15 is 0 Å². The minimum Gasteiger partial charge on any atom is -0.493 e. The molecule has 0 aliphatic heterocycles. The lowest BCUT2D eigenvalue weighted by atomic mass is 10.2. The third-order valence-electron chi connectivity index (χ3n) is 3.28. The highest BCUT2D eigenvalue weighted by molar-refractivity contribution is 6.32. The van der Waals surface area contributed by atoms with Gasteiger partial charge in [-0.3, -0.25) is 4.79 Å². The number of benzene rings is 1. The second kappa shape index (κ2) is 9.93. The number of likely N-dealkylation sites (N-methyl/N-ethyl adjacent to an activating group) is 1. The molecule has 0 atom stereocenters. The molecule has 0 unspecified atom stereocenters. The number of esters is 1. The summed E-state index contributed by atoms with van der Waals surface area (Å²) in [6, 6.07) is 2.89. The van der Waals surface area contributed by atoms with Crippen molar-refractivity contribution in [2.75, 3.05) is 33.4 Å². The maximum Gasteiger partial charge on any atom is 0.338 e. The van der Waals surface area contributed by atoms with Crippen molar-refractivity contribution in [2.45, 2.75) is 20.8 Å². The molecule has 0 heterocycles. The summed E-state index contributed by atoms with van der Waals surface area (Å²) in [5, 5.41) is 0.233. The number of methoxy groups -OCH3 is 1. The molecule has 0 aliphatic carbocycles. The Bertz CT molecular complexity index is 645. The quantitative estimate of drug-likeness (QED) is 0.493. The van der Waals surface area contributed by atoms with Crippen LogP contribution in [-0.4, -0.2) is 50.2 Å². The molecular formula is C18H24ClNO5. The largest absolute Gasteiger partial charge is 0.493 e. The maximum absolute atomic E-state index is 12.2. The second-order valence-electron chi connectivity index (χ2n) is 5.36. The molecule has 1 amide bonds. The number of hydrogen-bond acceptors (Lipinski definition) is 5. The summed E-state index contributed by atoms with van der Waals surface area (Å²) in [6.45, 7) is 10.3. The Hall–Kier alpha value is -2.21. The second-order valence-corrected chi connectivity index (χ2v) is 5.77. The maximum atomic E-state index is 12.2. The third kappa shape index (κ3) is 5.98. The number of rotatable bonds is 9. The lowest BCUT2D eigenvalue weighted by Crippen LogP contribution is -2.35. The van der Waals surface area contributed by atoms with Crippen molar-refractivity contribution in [1.29, 1.82) is 0 Å². The normalized spacial score (nSPS) is 10.1. The first-order chi connectivity index (χ1) is 11.8. The predicted octanol–water partition coefficient (Wildman–Crippen LogP) is 3.33. The van der Waals surface area contributed by atoms with Crippen LogP contribution in [0.3, 0.4) is 0 Å². The van der Waals surface area contributed by atoms with Gasteiger partial charge in [0.1, 0.15) is 0 Å². The number of carbonyl (C=O) groups excluding carboxylic acids is 2. The van der Waals surface area contributed by atoms with Gasteiger partial charge in [0.25, 0.3) is 5.91 Å². The van der Waals surface area contributed by atoms with Gasteiger partial charge in [-0.1, -0.05) is 23.8 Å². The van der Waals surface area contributed by atoms with Crippen LogP contribution in [0.1, 0.15) is 31.1 Å². The fourth-order valence-corrected chi connectivity index (χ4v) is 2.39. The van der Waals surface area contributed by atoms with Crippen LogP contribution in [0.15, 0.2) is 24.3 Å². The number of halogens is 1. The molecule has 1 aromatic carbocycles. The van der Waals surface area contributed by atoms with Crippen LogP contribution < -0.4 is 9.47 Å². The molecule has 25 heavy (non-hydrogen) atoms. The third-order valence-corrected chi connectivity index (χ3v) is 3.56. The number of carbonyl (C=O) groups is 2. The first-order valence-electron chi connectivity index (χ1n) is 7.93. The number of nitrogens with zero attached hydrogens (tertiary/aromatic N) is 1. The zero-order valence-electron chi connectivity index (χ0n) is 15.1. The van der Waals surface area contributed by atoms with Crippen molar-refractivity contribution in [3.05, 3.63) is 34.9 Å². The topological polar surface area (TPSA) is 65.1 Å². The first kappa shape index (κ1) is 20.8. The standard InChI is InChI=1S/C18H24ClNO5/c1-6-20(10-12(3)4)16(21)11-25-18(22)13-8-14(19)17(24-7-2)15(9-13)23-5/h8-9H,3,6-7,10-11H2,1-2,4-5H3. The molecule has 138 valence electrons. The monoisotopic (exact) mass is 369 g/mol. The molecule has 0 fully saturated rings. The average Bonchev–Trinajstić information content (AvgIpc) is 2.58. The molecule has 0 aromatic heterocycles. The van der Waals surface area contributed by atoms with Gasteiger partial charge < -0.3 is 19.1 Å². The zero-order valence-corrected chi connectivity index (χ0v) is 15.8. The molecule has 0 saturated heterocycles. The van der Waals surface area contributed by atoms with Gasteiger partial charge in [-0.05, 0) is 32.9 Å². The molecule has 0 radical (unpaired) electrons. The van der Waals surface area contributed by atoms with Crippen molar-refractivity contribution >= 4 is 23.5 Å². The van der Waals surface area contributed by atoms with Crippen molar-refractivity contribution < 1.29 is 23.8 Å². The predicted molar refractivity (Wildman–Crippen MR) is 96.5 cm³/mol. The van der Waals surface area contributed by atoms with E-state index in [4.69, 9.17) is 25.8 Å². The molecule has 6 nitrogen and oxygen atoms in total. The Morgan fingerprint density at radius 2 is 1.96 bits per heavy atom. The Balaban J connectivity index is 2.82. The molecular weight excluding hydrogens is 346 g/mol. The summed E-state index contributed by atoms with van der Waals surface area (Å²) in [4.78, 5) is 25.9. The van der Waals surface area contributed by atoms with E-state index in [1.165, 1.54) is 19.2 Å². The van der Waals surface area contributed by atoms with Gasteiger partial charge in [-0.15, -0.1) is 0 Å². The summed E-state index contributed by atoms with van der Waals surface area (Å²) in [5.41, 5.74) is 1.03. The summed E-state index contributed by atoms with van der Waals surface area (Å²) >= 11 is 6.13. The Morgan fingerprint density at radius 3 is 2.48 bits per heavy atom. The number of amides is 1. The summed E-state index contributed by atoms with van der Waals surface area (Å²) in [6.07, 6.45) is 0. The fraction of sp³-hybridized carbons (Fsp3) is 0.444. The Kier molecular flexibility index (Phi) is 8.28. The highest BCUT2D eigenvalue weighted by atomic mass is 35.5. The zero-order chi connectivity index (χ0) is 19.0. The van der Waals surface area contributed by atoms with Crippen molar-refractivity contribution in [3.63, 3.8) is 0 Å². The molecule has 1 aromatic rings. The van der Waals surface area contributed by atoms with Crippen LogP contribution in [0.5, 0.6) is 11.5 Å². The van der Waals surface area contributed by atoms with E-state index in [1.54, 1.807) is 4.90 Å². The summed E-state index contributed by atoms with van der Waals surface area (Å²) in [7, 11) is 1.45. The molecule has 0 saturated carbocycles. The van der Waals surface area contributed by atoms with Gasteiger partial charge in [-0.25, -0.2) is 4.79 Å². The molecule has 0 aliphatic rings. The van der Waals surface area contributed by atoms with Crippen LogP contribution in [-0.2, 0) is 9.53 Å². The molecule has 7 heteroatoms. The van der Waals surface area contributed by atoms with E-state index in [0.717, 1.165) is 5.57 Å². The molecule has 1 rings (SSSR count). The highest BCUT2D eigenvalue weighted by Crippen LogP contribution is 2.36. The van der Waals surface area contributed by atoms with E-state index < -0.39 is 5.97 Å². The van der Waals surface area contributed by atoms with E-state index in [2.05, 4.69) is 6.58 Å². The van der Waals surface area contributed by atoms with Crippen LogP contribution in [0.2, 0.25) is 5.02 Å². The Labute approximate surface area is 153 Å². The van der Waals surface area contributed by atoms with Crippen molar-refractivity contribution in [2.24, 2.45) is 0 Å². The minimum atomic E-state index is -0.664. The van der Waals surface area contributed by atoms with Gasteiger partial charge in [0.05, 0.1) is 24.3 Å². The number of ether oxygens (including phenoxy) is 3. The van der Waals surface area contributed by atoms with Crippen LogP contribution in [0, 0.1) is 0 Å². The lowest BCUT2D eigenvalue weighted by molar-refractivity contribution is -0.133. The van der Waals surface area contributed by atoms with E-state index in [-0.39, 0.29) is 23.1 Å². The van der Waals surface area contributed by atoms with E-state index in [1.807, 2.05) is 20.8 Å². The van der Waals surface area contributed by atoms with Gasteiger partial charge in [0.2, 0.25) is 0 Å². The van der Waals surface area contributed by atoms with Crippen LogP contribution >= 0.6 is 11.6 Å². The van der Waals surface area contributed by atoms with Gasteiger partial charge in [0, 0.05) is 13.1 Å². The fourth-order valence-electron chi connectivity index (χ4n) is 2.13. The lowest BCUT2D eigenvalue weighted by Gasteiger charge is -2.20. The van der Waals surface area contributed by atoms with Gasteiger partial charge in [-0.2, -0.15) is 0 Å². The van der Waals surface area contributed by atoms with Crippen LogP contribution in [0.4, 0.5) is 0 Å². The van der Waals surface area contributed by atoms with Crippen molar-refractivity contribution in [1.82, 2.24) is 4.90 Å². The average molecular weight is 370 g/mol. The molecule has 0 N–H and O–H groups in total. The van der Waals surface area contributed by atoms with Crippen molar-refractivity contribution in [3.8, 4) is 11.5 Å². The van der Waals surface area contributed by atoms with E-state index in [0.29, 0.717) is 31.2 Å².